The molecule has 72 valence electrons. The molecule has 1 nitrogen and oxygen atoms in total. The van der Waals surface area contributed by atoms with Crippen molar-refractivity contribution in [1.29, 1.82) is 0 Å². The molecule has 1 unspecified atom stereocenters. The summed E-state index contributed by atoms with van der Waals surface area (Å²) in [6.07, 6.45) is -4.04. The van der Waals surface area contributed by atoms with Crippen molar-refractivity contribution < 1.29 is 18.0 Å². The smallest absolute Gasteiger partial charge is 0.303 e. The molecule has 0 saturated carbocycles. The SMILES string of the molecule is CC(C)CCC(C=O)C(F)(F)F. The summed E-state index contributed by atoms with van der Waals surface area (Å²) in [5.41, 5.74) is 0. The second-order valence-electron chi connectivity index (χ2n) is 3.26. The van der Waals surface area contributed by atoms with E-state index in [0.29, 0.717) is 6.42 Å². The molecule has 1 atom stereocenters. The van der Waals surface area contributed by atoms with Crippen molar-refractivity contribution in [2.24, 2.45) is 11.8 Å². The highest BCUT2D eigenvalue weighted by Crippen LogP contribution is 2.29. The van der Waals surface area contributed by atoms with E-state index in [4.69, 9.17) is 0 Å². The molecule has 0 amide bonds. The van der Waals surface area contributed by atoms with Crippen LogP contribution in [0.4, 0.5) is 13.2 Å². The second-order valence-corrected chi connectivity index (χ2v) is 3.26. The molecule has 0 fully saturated rings. The minimum atomic E-state index is -4.36. The maximum atomic E-state index is 11.9. The number of hydrogen-bond donors (Lipinski definition) is 0. The average molecular weight is 182 g/mol. The zero-order chi connectivity index (χ0) is 9.78. The standard InChI is InChI=1S/C8H13F3O/c1-6(2)3-4-7(5-12)8(9,10)11/h5-7H,3-4H2,1-2H3. The lowest BCUT2D eigenvalue weighted by Gasteiger charge is -2.14. The second kappa shape index (κ2) is 4.48. The van der Waals surface area contributed by atoms with Gasteiger partial charge in [0, 0.05) is 0 Å². The minimum absolute atomic E-state index is 0.0115. The Morgan fingerprint density at radius 3 is 2.00 bits per heavy atom. The van der Waals surface area contributed by atoms with Crippen molar-refractivity contribution in [3.63, 3.8) is 0 Å². The molecule has 0 heterocycles. The number of halogens is 3. The Morgan fingerprint density at radius 1 is 1.25 bits per heavy atom. The summed E-state index contributed by atoms with van der Waals surface area (Å²) < 4.78 is 35.8. The van der Waals surface area contributed by atoms with Crippen molar-refractivity contribution in [1.82, 2.24) is 0 Å². The third-order valence-corrected chi connectivity index (χ3v) is 1.64. The molecule has 4 heteroatoms. The molecule has 0 saturated heterocycles. The quantitative estimate of drug-likeness (QED) is 0.611. The van der Waals surface area contributed by atoms with Crippen molar-refractivity contribution in [3.05, 3.63) is 0 Å². The van der Waals surface area contributed by atoms with Gasteiger partial charge in [0.25, 0.3) is 0 Å². The Kier molecular flexibility index (Phi) is 4.28. The molecule has 0 N–H and O–H groups in total. The number of alkyl halides is 3. The van der Waals surface area contributed by atoms with E-state index in [1.165, 1.54) is 0 Å². The van der Waals surface area contributed by atoms with Crippen LogP contribution in [-0.2, 0) is 4.79 Å². The molecule has 0 radical (unpaired) electrons. The first-order chi connectivity index (χ1) is 5.38. The van der Waals surface area contributed by atoms with Gasteiger partial charge >= 0.3 is 6.18 Å². The summed E-state index contributed by atoms with van der Waals surface area (Å²) in [7, 11) is 0. The van der Waals surface area contributed by atoms with Crippen molar-refractivity contribution in [3.8, 4) is 0 Å². The molecule has 0 aliphatic heterocycles. The first-order valence-corrected chi connectivity index (χ1v) is 3.90. The van der Waals surface area contributed by atoms with Crippen LogP contribution in [0.1, 0.15) is 26.7 Å². The van der Waals surface area contributed by atoms with Gasteiger partial charge in [-0.2, -0.15) is 13.2 Å². The molecule has 0 aromatic rings. The van der Waals surface area contributed by atoms with E-state index in [2.05, 4.69) is 0 Å². The van der Waals surface area contributed by atoms with Gasteiger partial charge in [-0.1, -0.05) is 13.8 Å². The molecule has 0 aromatic heterocycles. The van der Waals surface area contributed by atoms with E-state index in [9.17, 15) is 18.0 Å². The topological polar surface area (TPSA) is 17.1 Å². The largest absolute Gasteiger partial charge is 0.398 e. The summed E-state index contributed by atoms with van der Waals surface area (Å²) in [6.45, 7) is 3.66. The van der Waals surface area contributed by atoms with Crippen LogP contribution in [0.25, 0.3) is 0 Å². The maximum absolute atomic E-state index is 11.9. The van der Waals surface area contributed by atoms with Crippen molar-refractivity contribution >= 4 is 6.29 Å². The zero-order valence-corrected chi connectivity index (χ0v) is 7.19. The fourth-order valence-electron chi connectivity index (χ4n) is 0.822. The van der Waals surface area contributed by atoms with Crippen LogP contribution < -0.4 is 0 Å². The predicted molar refractivity (Wildman–Crippen MR) is 39.7 cm³/mol. The fraction of sp³-hybridized carbons (Fsp3) is 0.875. The van der Waals surface area contributed by atoms with Crippen LogP contribution in [0, 0.1) is 11.8 Å². The molecular weight excluding hydrogens is 169 g/mol. The molecule has 0 spiro atoms. The predicted octanol–water partition coefficient (Wildman–Crippen LogP) is 2.80. The van der Waals surface area contributed by atoms with Crippen molar-refractivity contribution in [2.45, 2.75) is 32.9 Å². The Hall–Kier alpha value is -0.540. The fourth-order valence-corrected chi connectivity index (χ4v) is 0.822. The number of hydrogen-bond acceptors (Lipinski definition) is 1. The lowest BCUT2D eigenvalue weighted by Crippen LogP contribution is -2.24. The molecule has 0 rings (SSSR count). The molecule has 12 heavy (non-hydrogen) atoms. The molecular formula is C8H13F3O. The van der Waals surface area contributed by atoms with Crippen LogP contribution in [0.5, 0.6) is 0 Å². The first kappa shape index (κ1) is 11.5. The van der Waals surface area contributed by atoms with Gasteiger partial charge in [0.15, 0.2) is 0 Å². The van der Waals surface area contributed by atoms with E-state index in [-0.39, 0.29) is 18.6 Å². The van der Waals surface area contributed by atoms with E-state index in [1.54, 1.807) is 0 Å². The molecule has 0 aliphatic rings. The van der Waals surface area contributed by atoms with E-state index in [0.717, 1.165) is 0 Å². The number of rotatable bonds is 4. The van der Waals surface area contributed by atoms with Crippen LogP contribution in [0.15, 0.2) is 0 Å². The van der Waals surface area contributed by atoms with E-state index >= 15 is 0 Å². The highest BCUT2D eigenvalue weighted by Gasteiger charge is 2.38. The van der Waals surface area contributed by atoms with E-state index in [1.807, 2.05) is 13.8 Å². The number of aldehydes is 1. The molecule has 0 bridgehead atoms. The third-order valence-electron chi connectivity index (χ3n) is 1.64. The van der Waals surface area contributed by atoms with Gasteiger partial charge in [-0.05, 0) is 18.8 Å². The Labute approximate surface area is 70.0 Å². The summed E-state index contributed by atoms with van der Waals surface area (Å²) in [5, 5.41) is 0. The number of carbonyl (C=O) groups is 1. The van der Waals surface area contributed by atoms with Crippen LogP contribution in [0.3, 0.4) is 0 Å². The monoisotopic (exact) mass is 182 g/mol. The van der Waals surface area contributed by atoms with Crippen LogP contribution in [0.2, 0.25) is 0 Å². The average Bonchev–Trinajstić information content (AvgIpc) is 1.85. The van der Waals surface area contributed by atoms with Gasteiger partial charge < -0.3 is 4.79 Å². The van der Waals surface area contributed by atoms with Gasteiger partial charge in [0.2, 0.25) is 0 Å². The number of carbonyl (C=O) groups excluding carboxylic acids is 1. The van der Waals surface area contributed by atoms with Crippen molar-refractivity contribution in [2.75, 3.05) is 0 Å². The summed E-state index contributed by atoms with van der Waals surface area (Å²) in [6, 6.07) is 0. The van der Waals surface area contributed by atoms with Gasteiger partial charge in [0.05, 0.1) is 0 Å². The highest BCUT2D eigenvalue weighted by molar-refractivity contribution is 5.54. The molecule has 0 aliphatic carbocycles. The van der Waals surface area contributed by atoms with Gasteiger partial charge in [-0.25, -0.2) is 0 Å². The molecule has 0 aromatic carbocycles. The van der Waals surface area contributed by atoms with E-state index < -0.39 is 12.1 Å². The Morgan fingerprint density at radius 2 is 1.75 bits per heavy atom. The zero-order valence-electron chi connectivity index (χ0n) is 7.19. The summed E-state index contributed by atoms with van der Waals surface area (Å²) in [5.74, 6) is -1.57. The first-order valence-electron chi connectivity index (χ1n) is 3.90. The normalized spacial score (nSPS) is 14.8. The highest BCUT2D eigenvalue weighted by atomic mass is 19.4. The van der Waals surface area contributed by atoms with Crippen LogP contribution in [-0.4, -0.2) is 12.5 Å². The Balaban J connectivity index is 3.93. The van der Waals surface area contributed by atoms with Gasteiger partial charge in [0.1, 0.15) is 12.2 Å². The van der Waals surface area contributed by atoms with Gasteiger partial charge in [-0.15, -0.1) is 0 Å². The minimum Gasteiger partial charge on any atom is -0.303 e. The lowest BCUT2D eigenvalue weighted by molar-refractivity contribution is -0.176. The Bertz CT molecular complexity index is 140. The van der Waals surface area contributed by atoms with Crippen LogP contribution >= 0.6 is 0 Å². The summed E-state index contributed by atoms with van der Waals surface area (Å²) >= 11 is 0. The maximum Gasteiger partial charge on any atom is 0.398 e. The lowest BCUT2D eigenvalue weighted by atomic mass is 9.99. The third kappa shape index (κ3) is 4.36. The van der Waals surface area contributed by atoms with Gasteiger partial charge in [-0.3, -0.25) is 0 Å². The summed E-state index contributed by atoms with van der Waals surface area (Å²) in [4.78, 5) is 10.0.